The van der Waals surface area contributed by atoms with Gasteiger partial charge >= 0.3 is 0 Å². The smallest absolute Gasteiger partial charge is 0.125 e. The SMILES string of the molecule is BrC1(Br)CN=Cc2ccccc21. The highest BCUT2D eigenvalue weighted by atomic mass is 79.9. The average molecular weight is 289 g/mol. The van der Waals surface area contributed by atoms with Crippen LogP contribution in [0, 0.1) is 0 Å². The normalized spacial score (nSPS) is 18.8. The number of aliphatic imine (C=N–C) groups is 1. The van der Waals surface area contributed by atoms with Crippen LogP contribution in [0.25, 0.3) is 0 Å². The van der Waals surface area contributed by atoms with Crippen molar-refractivity contribution in [2.75, 3.05) is 6.54 Å². The van der Waals surface area contributed by atoms with Crippen LogP contribution >= 0.6 is 31.9 Å². The van der Waals surface area contributed by atoms with Crippen LogP contribution in [-0.2, 0) is 3.23 Å². The van der Waals surface area contributed by atoms with Gasteiger partial charge in [-0.2, -0.15) is 0 Å². The first kappa shape index (κ1) is 8.45. The van der Waals surface area contributed by atoms with Crippen LogP contribution in [0.5, 0.6) is 0 Å². The van der Waals surface area contributed by atoms with E-state index in [4.69, 9.17) is 0 Å². The summed E-state index contributed by atoms with van der Waals surface area (Å²) in [6.45, 7) is 0.740. The third kappa shape index (κ3) is 1.36. The minimum absolute atomic E-state index is 0.161. The molecule has 12 heavy (non-hydrogen) atoms. The van der Waals surface area contributed by atoms with E-state index in [1.54, 1.807) is 0 Å². The summed E-state index contributed by atoms with van der Waals surface area (Å²) in [6, 6.07) is 8.22. The minimum Gasteiger partial charge on any atom is -0.290 e. The number of rotatable bonds is 0. The monoisotopic (exact) mass is 287 g/mol. The lowest BCUT2D eigenvalue weighted by molar-refractivity contribution is 0.897. The van der Waals surface area contributed by atoms with Crippen molar-refractivity contribution in [3.05, 3.63) is 35.4 Å². The van der Waals surface area contributed by atoms with Crippen LogP contribution < -0.4 is 0 Å². The van der Waals surface area contributed by atoms with Gasteiger partial charge in [-0.3, -0.25) is 4.99 Å². The number of hydrogen-bond donors (Lipinski definition) is 0. The van der Waals surface area contributed by atoms with Crippen molar-refractivity contribution in [1.29, 1.82) is 0 Å². The van der Waals surface area contributed by atoms with E-state index in [9.17, 15) is 0 Å². The summed E-state index contributed by atoms with van der Waals surface area (Å²) in [5.74, 6) is 0. The molecule has 0 fully saturated rings. The van der Waals surface area contributed by atoms with Gasteiger partial charge in [-0.05, 0) is 11.1 Å². The van der Waals surface area contributed by atoms with Gasteiger partial charge in [0.05, 0.1) is 6.54 Å². The van der Waals surface area contributed by atoms with E-state index in [1.165, 1.54) is 11.1 Å². The maximum absolute atomic E-state index is 4.25. The van der Waals surface area contributed by atoms with Crippen molar-refractivity contribution in [2.45, 2.75) is 3.23 Å². The summed E-state index contributed by atoms with van der Waals surface area (Å²) in [4.78, 5) is 4.25. The van der Waals surface area contributed by atoms with E-state index in [0.717, 1.165) is 6.54 Å². The van der Waals surface area contributed by atoms with E-state index in [-0.39, 0.29) is 3.23 Å². The Kier molecular flexibility index (Phi) is 2.09. The van der Waals surface area contributed by atoms with E-state index < -0.39 is 0 Å². The van der Waals surface area contributed by atoms with Crippen LogP contribution in [0.2, 0.25) is 0 Å². The Morgan fingerprint density at radius 1 is 1.25 bits per heavy atom. The summed E-state index contributed by atoms with van der Waals surface area (Å²) in [5.41, 5.74) is 2.43. The molecule has 0 bridgehead atoms. The maximum atomic E-state index is 4.25. The van der Waals surface area contributed by atoms with Gasteiger partial charge in [-0.1, -0.05) is 56.1 Å². The molecule has 1 aliphatic rings. The summed E-state index contributed by atoms with van der Waals surface area (Å²) in [7, 11) is 0. The van der Waals surface area contributed by atoms with E-state index >= 15 is 0 Å². The molecule has 0 amide bonds. The number of fused-ring (bicyclic) bond motifs is 1. The Labute approximate surface area is 88.2 Å². The van der Waals surface area contributed by atoms with Gasteiger partial charge in [-0.15, -0.1) is 0 Å². The number of nitrogens with zero attached hydrogens (tertiary/aromatic N) is 1. The molecule has 62 valence electrons. The van der Waals surface area contributed by atoms with Crippen molar-refractivity contribution in [1.82, 2.24) is 0 Å². The number of hydrogen-bond acceptors (Lipinski definition) is 1. The van der Waals surface area contributed by atoms with E-state index in [1.807, 2.05) is 18.3 Å². The molecule has 1 nitrogen and oxygen atoms in total. The second kappa shape index (κ2) is 2.96. The minimum atomic E-state index is -0.161. The molecule has 2 rings (SSSR count). The van der Waals surface area contributed by atoms with Gasteiger partial charge in [0.1, 0.15) is 3.23 Å². The standard InChI is InChI=1S/C9H7Br2N/c10-9(11)6-12-5-7-3-1-2-4-8(7)9/h1-5H,6H2. The van der Waals surface area contributed by atoms with Crippen molar-refractivity contribution >= 4 is 38.1 Å². The number of benzene rings is 1. The molecule has 0 radical (unpaired) electrons. The number of halogens is 2. The van der Waals surface area contributed by atoms with Crippen molar-refractivity contribution in [3.8, 4) is 0 Å². The molecule has 0 saturated carbocycles. The highest BCUT2D eigenvalue weighted by Gasteiger charge is 2.28. The Hall–Kier alpha value is -0.150. The summed E-state index contributed by atoms with van der Waals surface area (Å²) < 4.78 is -0.161. The third-order valence-corrected chi connectivity index (χ3v) is 3.23. The molecule has 1 aromatic rings. The van der Waals surface area contributed by atoms with Gasteiger partial charge in [0.25, 0.3) is 0 Å². The highest BCUT2D eigenvalue weighted by Crippen LogP contribution is 2.41. The van der Waals surface area contributed by atoms with Crippen molar-refractivity contribution < 1.29 is 0 Å². The molecule has 0 saturated heterocycles. The Morgan fingerprint density at radius 2 is 2.00 bits per heavy atom. The lowest BCUT2D eigenvalue weighted by Gasteiger charge is -2.23. The second-order valence-corrected chi connectivity index (χ2v) is 6.53. The Morgan fingerprint density at radius 3 is 2.75 bits per heavy atom. The predicted molar refractivity (Wildman–Crippen MR) is 58.4 cm³/mol. The zero-order valence-electron chi connectivity index (χ0n) is 6.30. The maximum Gasteiger partial charge on any atom is 0.125 e. The highest BCUT2D eigenvalue weighted by molar-refractivity contribution is 9.24. The predicted octanol–water partition coefficient (Wildman–Crippen LogP) is 3.06. The average Bonchev–Trinajstić information content (AvgIpc) is 2.04. The van der Waals surface area contributed by atoms with Gasteiger partial charge in [-0.25, -0.2) is 0 Å². The first-order valence-electron chi connectivity index (χ1n) is 3.67. The van der Waals surface area contributed by atoms with Gasteiger partial charge < -0.3 is 0 Å². The Bertz CT molecular complexity index is 331. The molecular weight excluding hydrogens is 282 g/mol. The molecule has 0 aliphatic carbocycles. The van der Waals surface area contributed by atoms with Crippen LogP contribution in [-0.4, -0.2) is 12.8 Å². The fourth-order valence-corrected chi connectivity index (χ4v) is 2.30. The van der Waals surface area contributed by atoms with Crippen molar-refractivity contribution in [2.24, 2.45) is 4.99 Å². The molecule has 3 heteroatoms. The van der Waals surface area contributed by atoms with Gasteiger partial charge in [0, 0.05) is 6.21 Å². The first-order valence-corrected chi connectivity index (χ1v) is 5.26. The largest absolute Gasteiger partial charge is 0.290 e. The summed E-state index contributed by atoms with van der Waals surface area (Å²) in [6.07, 6.45) is 1.91. The van der Waals surface area contributed by atoms with Crippen LogP contribution in [0.4, 0.5) is 0 Å². The third-order valence-electron chi connectivity index (χ3n) is 1.88. The van der Waals surface area contributed by atoms with E-state index in [2.05, 4.69) is 49.0 Å². The molecule has 0 aromatic heterocycles. The van der Waals surface area contributed by atoms with Crippen molar-refractivity contribution in [3.63, 3.8) is 0 Å². The molecule has 0 atom stereocenters. The molecule has 1 aromatic carbocycles. The summed E-state index contributed by atoms with van der Waals surface area (Å²) in [5, 5.41) is 0. The van der Waals surface area contributed by atoms with Crippen LogP contribution in [0.15, 0.2) is 29.3 Å². The fourth-order valence-electron chi connectivity index (χ4n) is 1.29. The second-order valence-electron chi connectivity index (χ2n) is 2.76. The molecule has 0 spiro atoms. The topological polar surface area (TPSA) is 12.4 Å². The van der Waals surface area contributed by atoms with E-state index in [0.29, 0.717) is 0 Å². The molecular formula is C9H7Br2N. The lowest BCUT2D eigenvalue weighted by atomic mass is 10.0. The zero-order chi connectivity index (χ0) is 8.60. The summed E-state index contributed by atoms with van der Waals surface area (Å²) >= 11 is 7.19. The Balaban J connectivity index is 2.60. The number of alkyl halides is 2. The van der Waals surface area contributed by atoms with Crippen LogP contribution in [0.1, 0.15) is 11.1 Å². The molecule has 1 aliphatic heterocycles. The zero-order valence-corrected chi connectivity index (χ0v) is 9.47. The first-order chi connectivity index (χ1) is 5.70. The molecule has 0 N–H and O–H groups in total. The molecule has 1 heterocycles. The lowest BCUT2D eigenvalue weighted by Crippen LogP contribution is -2.19. The quantitative estimate of drug-likeness (QED) is 0.651. The molecule has 0 unspecified atom stereocenters. The van der Waals surface area contributed by atoms with Gasteiger partial charge in [0.2, 0.25) is 0 Å². The van der Waals surface area contributed by atoms with Crippen LogP contribution in [0.3, 0.4) is 0 Å². The fraction of sp³-hybridized carbons (Fsp3) is 0.222. The van der Waals surface area contributed by atoms with Gasteiger partial charge in [0.15, 0.2) is 0 Å².